The minimum atomic E-state index is -0.703. The van der Waals surface area contributed by atoms with Crippen LogP contribution in [0, 0.1) is 0 Å². The van der Waals surface area contributed by atoms with Gasteiger partial charge in [0.25, 0.3) is 0 Å². The van der Waals surface area contributed by atoms with Crippen LogP contribution in [0.3, 0.4) is 0 Å². The molecule has 9 nitrogen and oxygen atoms in total. The third-order valence-electron chi connectivity index (χ3n) is 4.13. The first-order valence-corrected chi connectivity index (χ1v) is 8.75. The number of benzene rings is 2. The number of carbonyl (C=O) groups excluding carboxylic acids is 3. The van der Waals surface area contributed by atoms with Gasteiger partial charge in [-0.1, -0.05) is 0 Å². The molecule has 2 heterocycles. The number of hydrogen-bond acceptors (Lipinski definition) is 9. The average Bonchev–Trinajstić information content (AvgIpc) is 2.99. The summed E-state index contributed by atoms with van der Waals surface area (Å²) in [4.78, 5) is 46.7. The van der Waals surface area contributed by atoms with E-state index in [1.807, 2.05) is 0 Å². The molecule has 0 spiro atoms. The van der Waals surface area contributed by atoms with Crippen LogP contribution in [-0.2, 0) is 14.4 Å². The molecule has 0 aliphatic heterocycles. The molecular weight excluding hydrogens is 396 g/mol. The molecule has 0 unspecified atom stereocenters. The van der Waals surface area contributed by atoms with E-state index in [-0.39, 0.29) is 39.4 Å². The quantitative estimate of drug-likeness (QED) is 0.284. The van der Waals surface area contributed by atoms with Crippen LogP contribution >= 0.6 is 0 Å². The molecule has 2 aromatic heterocycles. The van der Waals surface area contributed by atoms with Gasteiger partial charge in [0.05, 0.1) is 5.39 Å². The lowest BCUT2D eigenvalue weighted by atomic mass is 10.1. The lowest BCUT2D eigenvalue weighted by molar-refractivity contribution is -0.134. The summed E-state index contributed by atoms with van der Waals surface area (Å²) >= 11 is 0. The molecule has 0 bridgehead atoms. The number of carbonyl (C=O) groups is 3. The Bertz CT molecular complexity index is 1420. The van der Waals surface area contributed by atoms with Gasteiger partial charge in [0.2, 0.25) is 0 Å². The molecule has 4 rings (SSSR count). The molecule has 152 valence electrons. The maximum absolute atomic E-state index is 12.7. The Balaban J connectivity index is 2.01. The predicted molar refractivity (Wildman–Crippen MR) is 104 cm³/mol. The summed E-state index contributed by atoms with van der Waals surface area (Å²) < 4.78 is 26.4. The second-order valence-electron chi connectivity index (χ2n) is 6.43. The van der Waals surface area contributed by atoms with E-state index in [1.54, 1.807) is 6.07 Å². The Morgan fingerprint density at radius 2 is 1.33 bits per heavy atom. The maximum Gasteiger partial charge on any atom is 0.348 e. The van der Waals surface area contributed by atoms with Crippen molar-refractivity contribution in [3.63, 3.8) is 0 Å². The van der Waals surface area contributed by atoms with E-state index in [4.69, 9.17) is 23.0 Å². The Kier molecular flexibility index (Phi) is 4.50. The molecule has 30 heavy (non-hydrogen) atoms. The highest BCUT2D eigenvalue weighted by Crippen LogP contribution is 2.39. The summed E-state index contributed by atoms with van der Waals surface area (Å²) in [6.45, 7) is 3.64. The molecule has 0 N–H and O–H groups in total. The maximum atomic E-state index is 12.7. The van der Waals surface area contributed by atoms with Crippen molar-refractivity contribution in [3.8, 4) is 17.2 Å². The first kappa shape index (κ1) is 19.2. The monoisotopic (exact) mass is 410 g/mol. The lowest BCUT2D eigenvalue weighted by Gasteiger charge is -2.08. The van der Waals surface area contributed by atoms with Crippen molar-refractivity contribution < 1.29 is 37.4 Å². The van der Waals surface area contributed by atoms with Gasteiger partial charge in [-0.3, -0.25) is 14.4 Å². The molecule has 0 atom stereocenters. The van der Waals surface area contributed by atoms with Crippen LogP contribution in [0.25, 0.3) is 32.9 Å². The Morgan fingerprint density at radius 1 is 0.733 bits per heavy atom. The summed E-state index contributed by atoms with van der Waals surface area (Å²) in [5.41, 5.74) is -0.101. The second-order valence-corrected chi connectivity index (χ2v) is 6.43. The van der Waals surface area contributed by atoms with Crippen LogP contribution in [0.4, 0.5) is 0 Å². The van der Waals surface area contributed by atoms with Crippen molar-refractivity contribution in [2.45, 2.75) is 20.8 Å². The van der Waals surface area contributed by atoms with Gasteiger partial charge in [-0.05, 0) is 18.2 Å². The standard InChI is InChI=1S/C21H14O9/c1-9(22)26-12-4-5-13-15(6-12)30-21(25)19-14-7-17(27-10(2)23)18(28-11(3)24)8-16(14)29-20(13)19/h4-8H,1-3H3. The zero-order chi connectivity index (χ0) is 21.6. The van der Waals surface area contributed by atoms with E-state index in [2.05, 4.69) is 0 Å². The summed E-state index contributed by atoms with van der Waals surface area (Å²) in [6, 6.07) is 7.25. The Labute approximate surface area is 167 Å². The molecule has 2 aromatic carbocycles. The van der Waals surface area contributed by atoms with Crippen molar-refractivity contribution in [1.82, 2.24) is 0 Å². The van der Waals surface area contributed by atoms with Gasteiger partial charge < -0.3 is 23.0 Å². The molecule has 0 saturated heterocycles. The van der Waals surface area contributed by atoms with Crippen molar-refractivity contribution >= 4 is 50.8 Å². The van der Waals surface area contributed by atoms with Gasteiger partial charge in [0.15, 0.2) is 17.1 Å². The first-order chi connectivity index (χ1) is 14.2. The summed E-state index contributed by atoms with van der Waals surface area (Å²) in [5.74, 6) is -1.64. The van der Waals surface area contributed by atoms with E-state index in [9.17, 15) is 19.2 Å². The lowest BCUT2D eigenvalue weighted by Crippen LogP contribution is -2.07. The fraction of sp³-hybridized carbons (Fsp3) is 0.143. The molecule has 0 aliphatic carbocycles. The number of fused-ring (bicyclic) bond motifs is 5. The fourth-order valence-electron chi connectivity index (χ4n) is 3.12. The second kappa shape index (κ2) is 7.03. The molecule has 0 radical (unpaired) electrons. The minimum Gasteiger partial charge on any atom is -0.455 e. The van der Waals surface area contributed by atoms with Crippen molar-refractivity contribution in [1.29, 1.82) is 0 Å². The van der Waals surface area contributed by atoms with Crippen LogP contribution in [0.15, 0.2) is 44.0 Å². The number of hydrogen-bond donors (Lipinski definition) is 0. The predicted octanol–water partition coefficient (Wildman–Crippen LogP) is 3.47. The van der Waals surface area contributed by atoms with Gasteiger partial charge in [-0.25, -0.2) is 4.79 Å². The van der Waals surface area contributed by atoms with Crippen molar-refractivity contribution in [2.75, 3.05) is 0 Å². The van der Waals surface area contributed by atoms with Crippen LogP contribution in [-0.4, -0.2) is 17.9 Å². The highest BCUT2D eigenvalue weighted by atomic mass is 16.6. The van der Waals surface area contributed by atoms with E-state index in [1.165, 1.54) is 45.0 Å². The third kappa shape index (κ3) is 3.37. The van der Waals surface area contributed by atoms with Crippen LogP contribution in [0.2, 0.25) is 0 Å². The molecule has 0 amide bonds. The Hall–Kier alpha value is -4.14. The largest absolute Gasteiger partial charge is 0.455 e. The summed E-state index contributed by atoms with van der Waals surface area (Å²) in [5, 5.41) is 0.900. The highest BCUT2D eigenvalue weighted by molar-refractivity contribution is 6.13. The molecule has 0 saturated carbocycles. The minimum absolute atomic E-state index is 0.0323. The van der Waals surface area contributed by atoms with Gasteiger partial charge >= 0.3 is 23.5 Å². The van der Waals surface area contributed by atoms with Gasteiger partial charge in [-0.2, -0.15) is 0 Å². The van der Waals surface area contributed by atoms with Gasteiger partial charge in [-0.15, -0.1) is 0 Å². The fourth-order valence-corrected chi connectivity index (χ4v) is 3.12. The average molecular weight is 410 g/mol. The molecule has 4 aromatic rings. The highest BCUT2D eigenvalue weighted by Gasteiger charge is 2.21. The van der Waals surface area contributed by atoms with E-state index in [0.717, 1.165) is 0 Å². The number of esters is 3. The zero-order valence-corrected chi connectivity index (χ0v) is 16.1. The van der Waals surface area contributed by atoms with Gasteiger partial charge in [0.1, 0.15) is 22.3 Å². The Morgan fingerprint density at radius 3 is 1.97 bits per heavy atom. The van der Waals surface area contributed by atoms with Crippen molar-refractivity contribution in [3.05, 3.63) is 40.8 Å². The zero-order valence-electron chi connectivity index (χ0n) is 16.1. The number of ether oxygens (including phenoxy) is 3. The first-order valence-electron chi connectivity index (χ1n) is 8.75. The summed E-state index contributed by atoms with van der Waals surface area (Å²) in [7, 11) is 0. The van der Waals surface area contributed by atoms with Crippen LogP contribution < -0.4 is 19.8 Å². The molecule has 9 heteroatoms. The molecule has 0 fully saturated rings. The molecule has 0 aliphatic rings. The van der Waals surface area contributed by atoms with Crippen LogP contribution in [0.5, 0.6) is 17.2 Å². The van der Waals surface area contributed by atoms with E-state index >= 15 is 0 Å². The molecular formula is C21H14O9. The van der Waals surface area contributed by atoms with Gasteiger partial charge in [0, 0.05) is 38.3 Å². The number of furan rings is 1. The summed E-state index contributed by atoms with van der Waals surface area (Å²) in [6.07, 6.45) is 0. The topological polar surface area (TPSA) is 122 Å². The van der Waals surface area contributed by atoms with E-state index in [0.29, 0.717) is 10.8 Å². The van der Waals surface area contributed by atoms with Crippen molar-refractivity contribution in [2.24, 2.45) is 0 Å². The SMILES string of the molecule is CC(=O)Oc1ccc2c(c1)oc(=O)c1c3cc(OC(C)=O)c(OC(C)=O)cc3oc21. The third-order valence-corrected chi connectivity index (χ3v) is 4.13. The van der Waals surface area contributed by atoms with E-state index < -0.39 is 23.5 Å². The van der Waals surface area contributed by atoms with Crippen LogP contribution in [0.1, 0.15) is 20.8 Å². The smallest absolute Gasteiger partial charge is 0.348 e. The number of rotatable bonds is 3. The normalized spacial score (nSPS) is 11.0.